The van der Waals surface area contributed by atoms with Gasteiger partial charge in [-0.15, -0.1) is 0 Å². The van der Waals surface area contributed by atoms with Crippen molar-refractivity contribution in [2.24, 2.45) is 0 Å². The van der Waals surface area contributed by atoms with Crippen LogP contribution in [0.1, 0.15) is 10.4 Å². The Labute approximate surface area is 129 Å². The minimum atomic E-state index is -0.831. The fourth-order valence-corrected chi connectivity index (χ4v) is 2.33. The van der Waals surface area contributed by atoms with Crippen LogP contribution in [-0.4, -0.2) is 18.1 Å². The van der Waals surface area contributed by atoms with Crippen LogP contribution in [0, 0.1) is 5.82 Å². The smallest absolute Gasteiger partial charge is 0.341 e. The second-order valence-corrected chi connectivity index (χ2v) is 5.00. The Morgan fingerprint density at radius 2 is 1.75 bits per heavy atom. The number of aromatic nitrogens is 1. The van der Waals surface area contributed by atoms with E-state index < -0.39 is 11.8 Å². The van der Waals surface area contributed by atoms with Gasteiger partial charge in [0, 0.05) is 17.3 Å². The van der Waals surface area contributed by atoms with E-state index in [1.54, 1.807) is 0 Å². The predicted octanol–water partition coefficient (Wildman–Crippen LogP) is 4.63. The second-order valence-electron chi connectivity index (χ2n) is 3.78. The first-order valence-corrected chi connectivity index (χ1v) is 6.45. The molecule has 0 aliphatic carbocycles. The summed E-state index contributed by atoms with van der Waals surface area (Å²) in [5.74, 6) is -1.64. The van der Waals surface area contributed by atoms with Gasteiger partial charge in [0.2, 0.25) is 0 Å². The van der Waals surface area contributed by atoms with Crippen molar-refractivity contribution in [2.45, 2.75) is 0 Å². The van der Waals surface area contributed by atoms with Gasteiger partial charge in [0.15, 0.2) is 5.82 Å². The fraction of sp³-hybridized carbons (Fsp3) is 0.0769. The van der Waals surface area contributed by atoms with Crippen molar-refractivity contribution in [3.63, 3.8) is 0 Å². The normalized spacial score (nSPS) is 10.4. The van der Waals surface area contributed by atoms with Gasteiger partial charge in [-0.2, -0.15) is 0 Å². The van der Waals surface area contributed by atoms with Crippen molar-refractivity contribution in [1.29, 1.82) is 0 Å². The minimum Gasteiger partial charge on any atom is -0.465 e. The van der Waals surface area contributed by atoms with Crippen LogP contribution >= 0.6 is 34.8 Å². The van der Waals surface area contributed by atoms with Gasteiger partial charge in [0.25, 0.3) is 0 Å². The highest BCUT2D eigenvalue weighted by Gasteiger charge is 2.21. The third-order valence-electron chi connectivity index (χ3n) is 2.59. The number of nitrogens with zero attached hydrogens (tertiary/aromatic N) is 1. The average molecular weight is 335 g/mol. The van der Waals surface area contributed by atoms with Gasteiger partial charge >= 0.3 is 5.97 Å². The van der Waals surface area contributed by atoms with E-state index in [1.165, 1.54) is 18.3 Å². The number of ether oxygens (including phenoxy) is 1. The van der Waals surface area contributed by atoms with E-state index in [0.717, 1.165) is 13.3 Å². The quantitative estimate of drug-likeness (QED) is 0.593. The summed E-state index contributed by atoms with van der Waals surface area (Å²) in [6, 6.07) is 2.85. The summed E-state index contributed by atoms with van der Waals surface area (Å²) >= 11 is 17.8. The molecule has 1 aromatic heterocycles. The van der Waals surface area contributed by atoms with Crippen molar-refractivity contribution in [1.82, 2.24) is 4.98 Å². The summed E-state index contributed by atoms with van der Waals surface area (Å²) < 4.78 is 18.4. The lowest BCUT2D eigenvalue weighted by atomic mass is 10.0. The molecule has 104 valence electrons. The molecule has 7 heteroatoms. The molecule has 0 N–H and O–H groups in total. The summed E-state index contributed by atoms with van der Waals surface area (Å²) in [6.07, 6.45) is 2.22. The zero-order valence-corrected chi connectivity index (χ0v) is 12.4. The third-order valence-corrected chi connectivity index (χ3v) is 3.62. The lowest BCUT2D eigenvalue weighted by Crippen LogP contribution is -2.07. The van der Waals surface area contributed by atoms with Crippen molar-refractivity contribution in [2.75, 3.05) is 7.11 Å². The highest BCUT2D eigenvalue weighted by molar-refractivity contribution is 6.44. The molecule has 2 aromatic rings. The van der Waals surface area contributed by atoms with Crippen LogP contribution in [0.25, 0.3) is 11.1 Å². The average Bonchev–Trinajstić information content (AvgIpc) is 2.42. The lowest BCUT2D eigenvalue weighted by molar-refractivity contribution is 0.0596. The Morgan fingerprint density at radius 3 is 2.40 bits per heavy atom. The number of hydrogen-bond acceptors (Lipinski definition) is 3. The number of hydrogen-bond donors (Lipinski definition) is 0. The summed E-state index contributed by atoms with van der Waals surface area (Å²) in [4.78, 5) is 15.4. The molecule has 0 spiro atoms. The molecule has 0 aliphatic rings. The Morgan fingerprint density at radius 1 is 1.10 bits per heavy atom. The molecule has 2 rings (SSSR count). The Hall–Kier alpha value is -1.36. The second kappa shape index (κ2) is 5.95. The minimum absolute atomic E-state index is 0.181. The van der Waals surface area contributed by atoms with Crippen molar-refractivity contribution in [3.05, 3.63) is 51.0 Å². The van der Waals surface area contributed by atoms with Gasteiger partial charge in [-0.05, 0) is 12.1 Å². The van der Waals surface area contributed by atoms with Crippen LogP contribution in [0.5, 0.6) is 0 Å². The maximum Gasteiger partial charge on any atom is 0.341 e. The summed E-state index contributed by atoms with van der Waals surface area (Å²) in [5, 5.41) is 0.701. The predicted molar refractivity (Wildman–Crippen MR) is 76.0 cm³/mol. The van der Waals surface area contributed by atoms with Crippen LogP contribution in [0.3, 0.4) is 0 Å². The van der Waals surface area contributed by atoms with Gasteiger partial charge in [-0.1, -0.05) is 34.8 Å². The number of pyridine rings is 1. The van der Waals surface area contributed by atoms with Crippen LogP contribution in [0.2, 0.25) is 15.1 Å². The topological polar surface area (TPSA) is 39.2 Å². The molecule has 0 unspecified atom stereocenters. The standard InChI is InChI=1S/C13H7Cl3FNO2/c1-20-13(19)12-7(4-18-5-11(12)17)6-2-9(15)10(16)3-8(6)14/h2-5H,1H3. The maximum atomic E-state index is 13.8. The highest BCUT2D eigenvalue weighted by Crippen LogP contribution is 2.37. The molecule has 0 saturated heterocycles. The fourth-order valence-electron chi connectivity index (χ4n) is 1.68. The number of rotatable bonds is 2. The van der Waals surface area contributed by atoms with Crippen molar-refractivity contribution in [3.8, 4) is 11.1 Å². The molecule has 3 nitrogen and oxygen atoms in total. The summed E-state index contributed by atoms with van der Waals surface area (Å²) in [6.45, 7) is 0. The maximum absolute atomic E-state index is 13.8. The first-order chi connectivity index (χ1) is 9.45. The summed E-state index contributed by atoms with van der Waals surface area (Å²) in [5.41, 5.74) is 0.261. The largest absolute Gasteiger partial charge is 0.465 e. The molecule has 0 aliphatic heterocycles. The van der Waals surface area contributed by atoms with Gasteiger partial charge in [-0.3, -0.25) is 4.98 Å². The van der Waals surface area contributed by atoms with E-state index >= 15 is 0 Å². The number of esters is 1. The van der Waals surface area contributed by atoms with E-state index in [9.17, 15) is 9.18 Å². The number of halogens is 4. The molecule has 0 saturated carbocycles. The number of benzene rings is 1. The van der Waals surface area contributed by atoms with Gasteiger partial charge < -0.3 is 4.74 Å². The zero-order valence-electron chi connectivity index (χ0n) is 10.1. The zero-order chi connectivity index (χ0) is 14.9. The van der Waals surface area contributed by atoms with Crippen LogP contribution in [0.4, 0.5) is 4.39 Å². The molecular weight excluding hydrogens is 328 g/mol. The Balaban J connectivity index is 2.73. The first kappa shape index (κ1) is 15.0. The number of carbonyl (C=O) groups is 1. The van der Waals surface area contributed by atoms with E-state index in [2.05, 4.69) is 9.72 Å². The Kier molecular flexibility index (Phi) is 4.48. The molecule has 0 atom stereocenters. The third kappa shape index (κ3) is 2.73. The van der Waals surface area contributed by atoms with Gasteiger partial charge in [0.1, 0.15) is 5.56 Å². The molecule has 1 heterocycles. The Bertz CT molecular complexity index is 692. The van der Waals surface area contributed by atoms with E-state index in [1.807, 2.05) is 0 Å². The molecule has 0 radical (unpaired) electrons. The van der Waals surface area contributed by atoms with Crippen molar-refractivity contribution < 1.29 is 13.9 Å². The van der Waals surface area contributed by atoms with E-state index in [-0.39, 0.29) is 26.2 Å². The van der Waals surface area contributed by atoms with Crippen LogP contribution in [-0.2, 0) is 4.74 Å². The van der Waals surface area contributed by atoms with Crippen LogP contribution < -0.4 is 0 Å². The molecule has 0 bridgehead atoms. The first-order valence-electron chi connectivity index (χ1n) is 5.32. The molecule has 20 heavy (non-hydrogen) atoms. The molecule has 1 aromatic carbocycles. The van der Waals surface area contributed by atoms with Crippen molar-refractivity contribution >= 4 is 40.8 Å². The number of carbonyl (C=O) groups excluding carboxylic acids is 1. The number of methoxy groups -OCH3 is 1. The van der Waals surface area contributed by atoms with Gasteiger partial charge in [-0.25, -0.2) is 9.18 Å². The monoisotopic (exact) mass is 333 g/mol. The molecule has 0 amide bonds. The highest BCUT2D eigenvalue weighted by atomic mass is 35.5. The van der Waals surface area contributed by atoms with E-state index in [4.69, 9.17) is 34.8 Å². The molecular formula is C13H7Cl3FNO2. The van der Waals surface area contributed by atoms with E-state index in [0.29, 0.717) is 5.56 Å². The lowest BCUT2D eigenvalue weighted by Gasteiger charge is -2.11. The summed E-state index contributed by atoms with van der Waals surface area (Å²) in [7, 11) is 1.16. The van der Waals surface area contributed by atoms with Crippen LogP contribution in [0.15, 0.2) is 24.5 Å². The SMILES string of the molecule is COC(=O)c1c(F)cncc1-c1cc(Cl)c(Cl)cc1Cl. The van der Waals surface area contributed by atoms with Gasteiger partial charge in [0.05, 0.1) is 28.4 Å². The molecule has 0 fully saturated rings.